The molecule has 166 valence electrons. The van der Waals surface area contributed by atoms with E-state index in [4.69, 9.17) is 4.74 Å². The molecule has 1 saturated heterocycles. The summed E-state index contributed by atoms with van der Waals surface area (Å²) in [5, 5.41) is 7.20. The quantitative estimate of drug-likeness (QED) is 0.340. The van der Waals surface area contributed by atoms with E-state index in [1.54, 1.807) is 19.0 Å². The van der Waals surface area contributed by atoms with Gasteiger partial charge in [-0.3, -0.25) is 4.79 Å². The molecule has 30 heavy (non-hydrogen) atoms. The number of ether oxygens (including phenoxy) is 1. The van der Waals surface area contributed by atoms with E-state index in [2.05, 4.69) is 39.9 Å². The van der Waals surface area contributed by atoms with Crippen LogP contribution in [0.3, 0.4) is 0 Å². The number of carbonyl (C=O) groups is 1. The molecule has 4 rings (SSSR count). The Hall–Kier alpha value is -1.35. The zero-order valence-corrected chi connectivity index (χ0v) is 20.4. The molecule has 3 unspecified atom stereocenters. The number of halogens is 1. The topological polar surface area (TPSA) is 66.0 Å². The molecule has 0 aromatic heterocycles. The van der Waals surface area contributed by atoms with Crippen molar-refractivity contribution in [3.63, 3.8) is 0 Å². The van der Waals surface area contributed by atoms with Crippen LogP contribution in [0.1, 0.15) is 37.7 Å². The molecule has 7 heteroatoms. The van der Waals surface area contributed by atoms with Crippen molar-refractivity contribution in [3.05, 3.63) is 35.9 Å². The summed E-state index contributed by atoms with van der Waals surface area (Å²) in [6.45, 7) is 1.83. The average Bonchev–Trinajstić information content (AvgIpc) is 3.39. The third-order valence-electron chi connectivity index (χ3n) is 7.00. The monoisotopic (exact) mass is 526 g/mol. The average molecular weight is 526 g/mol. The van der Waals surface area contributed by atoms with Crippen molar-refractivity contribution in [3.8, 4) is 0 Å². The molecule has 2 N–H and O–H groups in total. The molecule has 0 bridgehead atoms. The van der Waals surface area contributed by atoms with Crippen molar-refractivity contribution in [1.29, 1.82) is 0 Å². The molecule has 1 amide bonds. The van der Waals surface area contributed by atoms with Gasteiger partial charge in [-0.25, -0.2) is 4.99 Å². The van der Waals surface area contributed by atoms with Gasteiger partial charge in [0.1, 0.15) is 6.54 Å². The van der Waals surface area contributed by atoms with Crippen LogP contribution in [-0.4, -0.2) is 62.7 Å². The predicted octanol–water partition coefficient (Wildman–Crippen LogP) is 2.82. The molecule has 1 spiro atoms. The van der Waals surface area contributed by atoms with Crippen molar-refractivity contribution >= 4 is 35.8 Å². The molecular formula is C23H35IN4O2. The fourth-order valence-electron chi connectivity index (χ4n) is 5.46. The minimum Gasteiger partial charge on any atom is -0.377 e. The number of nitrogens with one attached hydrogen (secondary N) is 2. The number of benzene rings is 1. The van der Waals surface area contributed by atoms with Gasteiger partial charge in [0, 0.05) is 44.6 Å². The molecule has 1 aromatic carbocycles. The second kappa shape index (κ2) is 10.3. The van der Waals surface area contributed by atoms with Crippen molar-refractivity contribution < 1.29 is 9.53 Å². The van der Waals surface area contributed by atoms with Crippen LogP contribution in [0.15, 0.2) is 35.3 Å². The van der Waals surface area contributed by atoms with Crippen molar-refractivity contribution in [2.24, 2.45) is 16.3 Å². The lowest BCUT2D eigenvalue weighted by Crippen LogP contribution is -2.69. The van der Waals surface area contributed by atoms with Gasteiger partial charge in [-0.2, -0.15) is 0 Å². The minimum atomic E-state index is 0. The number of hydrogen-bond acceptors (Lipinski definition) is 3. The van der Waals surface area contributed by atoms with Crippen molar-refractivity contribution in [1.82, 2.24) is 15.5 Å². The van der Waals surface area contributed by atoms with Gasteiger partial charge in [0.25, 0.3) is 0 Å². The van der Waals surface area contributed by atoms with E-state index in [1.807, 2.05) is 6.07 Å². The van der Waals surface area contributed by atoms with Crippen LogP contribution >= 0.6 is 24.0 Å². The SMILES string of the molecule is CN(C)C(=O)CN=C(NCCc1ccccc1)NC1C2CCOC2C12CCCC2.I. The predicted molar refractivity (Wildman–Crippen MR) is 130 cm³/mol. The van der Waals surface area contributed by atoms with E-state index in [-0.39, 0.29) is 41.8 Å². The molecule has 1 heterocycles. The van der Waals surface area contributed by atoms with Crippen LogP contribution < -0.4 is 10.6 Å². The number of carbonyl (C=O) groups excluding carboxylic acids is 1. The van der Waals surface area contributed by atoms with E-state index < -0.39 is 0 Å². The van der Waals surface area contributed by atoms with E-state index in [0.29, 0.717) is 18.1 Å². The smallest absolute Gasteiger partial charge is 0.243 e. The zero-order valence-electron chi connectivity index (χ0n) is 18.1. The van der Waals surface area contributed by atoms with Crippen LogP contribution in [-0.2, 0) is 16.0 Å². The second-order valence-electron chi connectivity index (χ2n) is 8.92. The van der Waals surface area contributed by atoms with Gasteiger partial charge < -0.3 is 20.3 Å². The maximum atomic E-state index is 12.1. The maximum Gasteiger partial charge on any atom is 0.243 e. The number of fused-ring (bicyclic) bond motifs is 2. The molecule has 3 atom stereocenters. The molecule has 0 radical (unpaired) electrons. The highest BCUT2D eigenvalue weighted by molar-refractivity contribution is 14.0. The second-order valence-corrected chi connectivity index (χ2v) is 8.92. The minimum absolute atomic E-state index is 0. The van der Waals surface area contributed by atoms with Gasteiger partial charge in [-0.15, -0.1) is 24.0 Å². The summed E-state index contributed by atoms with van der Waals surface area (Å²) in [4.78, 5) is 18.3. The number of nitrogens with zero attached hydrogens (tertiary/aromatic N) is 2. The highest BCUT2D eigenvalue weighted by atomic mass is 127. The summed E-state index contributed by atoms with van der Waals surface area (Å²) in [5.41, 5.74) is 1.55. The summed E-state index contributed by atoms with van der Waals surface area (Å²) in [5.74, 6) is 1.34. The fourth-order valence-corrected chi connectivity index (χ4v) is 5.46. The Morgan fingerprint density at radius 1 is 1.23 bits per heavy atom. The summed E-state index contributed by atoms with van der Waals surface area (Å²) in [6, 6.07) is 10.8. The Morgan fingerprint density at radius 3 is 2.67 bits per heavy atom. The molecule has 1 aliphatic heterocycles. The maximum absolute atomic E-state index is 12.1. The molecule has 2 saturated carbocycles. The van der Waals surface area contributed by atoms with Gasteiger partial charge >= 0.3 is 0 Å². The number of amides is 1. The molecule has 2 aliphatic carbocycles. The van der Waals surface area contributed by atoms with Crippen molar-refractivity contribution in [2.45, 2.75) is 50.7 Å². The highest BCUT2D eigenvalue weighted by Crippen LogP contribution is 2.60. The van der Waals surface area contributed by atoms with Gasteiger partial charge in [-0.1, -0.05) is 43.2 Å². The molecule has 3 fully saturated rings. The normalized spacial score (nSPS) is 26.5. The summed E-state index contributed by atoms with van der Waals surface area (Å²) < 4.78 is 6.11. The van der Waals surface area contributed by atoms with Crippen LogP contribution in [0.2, 0.25) is 0 Å². The van der Waals surface area contributed by atoms with Gasteiger partial charge in [0.05, 0.1) is 6.10 Å². The summed E-state index contributed by atoms with van der Waals surface area (Å²) in [7, 11) is 3.54. The first-order chi connectivity index (χ1) is 14.1. The Labute approximate surface area is 197 Å². The Balaban J connectivity index is 0.00000256. The Bertz CT molecular complexity index is 734. The first-order valence-electron chi connectivity index (χ1n) is 11.0. The van der Waals surface area contributed by atoms with E-state index in [1.165, 1.54) is 31.2 Å². The number of guanidine groups is 1. The Morgan fingerprint density at radius 2 is 1.97 bits per heavy atom. The lowest BCUT2D eigenvalue weighted by atomic mass is 9.54. The number of likely N-dealkylation sites (N-methyl/N-ethyl adjacent to an activating group) is 1. The van der Waals surface area contributed by atoms with Gasteiger partial charge in [0.15, 0.2) is 5.96 Å². The third kappa shape index (κ3) is 4.77. The summed E-state index contributed by atoms with van der Waals surface area (Å²) >= 11 is 0. The van der Waals surface area contributed by atoms with Crippen LogP contribution in [0.5, 0.6) is 0 Å². The van der Waals surface area contributed by atoms with Gasteiger partial charge in [-0.05, 0) is 31.2 Å². The molecular weight excluding hydrogens is 491 g/mol. The fraction of sp³-hybridized carbons (Fsp3) is 0.652. The van der Waals surface area contributed by atoms with E-state index in [0.717, 1.165) is 32.0 Å². The largest absolute Gasteiger partial charge is 0.377 e. The Kier molecular flexibility index (Phi) is 8.01. The highest BCUT2D eigenvalue weighted by Gasteiger charge is 2.65. The van der Waals surface area contributed by atoms with E-state index >= 15 is 0 Å². The van der Waals surface area contributed by atoms with Crippen molar-refractivity contribution in [2.75, 3.05) is 33.8 Å². The molecule has 3 aliphatic rings. The first kappa shape index (κ1) is 23.3. The number of aliphatic imine (C=N–C) groups is 1. The number of hydrogen-bond donors (Lipinski definition) is 2. The van der Waals surface area contributed by atoms with E-state index in [9.17, 15) is 4.79 Å². The number of rotatable bonds is 6. The lowest BCUT2D eigenvalue weighted by molar-refractivity contribution is -0.127. The summed E-state index contributed by atoms with van der Waals surface area (Å²) in [6.07, 6.45) is 7.51. The standard InChI is InChI=1S/C23H34N4O2.HI/c1-27(2)19(28)16-25-22(24-14-10-17-8-4-3-5-9-17)26-20-18-11-15-29-21(18)23(20)12-6-7-13-23;/h3-5,8-9,18,20-21H,6-7,10-16H2,1-2H3,(H2,24,25,26);1H. The van der Waals surface area contributed by atoms with Crippen LogP contribution in [0.25, 0.3) is 0 Å². The zero-order chi connectivity index (χ0) is 20.3. The van der Waals surface area contributed by atoms with Crippen LogP contribution in [0.4, 0.5) is 0 Å². The van der Waals surface area contributed by atoms with Gasteiger partial charge in [0.2, 0.25) is 5.91 Å². The van der Waals surface area contributed by atoms with Crippen LogP contribution in [0, 0.1) is 11.3 Å². The third-order valence-corrected chi connectivity index (χ3v) is 7.00. The molecule has 1 aromatic rings. The molecule has 6 nitrogen and oxygen atoms in total. The first-order valence-corrected chi connectivity index (χ1v) is 11.0. The lowest BCUT2D eigenvalue weighted by Gasteiger charge is -2.57.